The first-order valence-electron chi connectivity index (χ1n) is 5.62. The summed E-state index contributed by atoms with van der Waals surface area (Å²) in [6, 6.07) is 0. The number of hydrogen-bond acceptors (Lipinski definition) is 2. The van der Waals surface area contributed by atoms with Gasteiger partial charge in [0.1, 0.15) is 0 Å². The monoisotopic (exact) mass is 198 g/mol. The summed E-state index contributed by atoms with van der Waals surface area (Å²) < 4.78 is 0. The van der Waals surface area contributed by atoms with E-state index in [2.05, 4.69) is 12.2 Å². The van der Waals surface area contributed by atoms with E-state index in [0.29, 0.717) is 0 Å². The molecule has 0 atom stereocenters. The molecule has 82 valence electrons. The number of carbonyl (C=O) groups excluding carboxylic acids is 1. The van der Waals surface area contributed by atoms with Crippen molar-refractivity contribution in [3.8, 4) is 0 Å². The van der Waals surface area contributed by atoms with Gasteiger partial charge in [0, 0.05) is 19.6 Å². The van der Waals surface area contributed by atoms with Crippen molar-refractivity contribution in [1.82, 2.24) is 10.2 Å². The van der Waals surface area contributed by atoms with Crippen molar-refractivity contribution < 1.29 is 4.79 Å². The van der Waals surface area contributed by atoms with Crippen LogP contribution >= 0.6 is 0 Å². The van der Waals surface area contributed by atoms with E-state index in [1.165, 1.54) is 12.8 Å². The van der Waals surface area contributed by atoms with Gasteiger partial charge < -0.3 is 10.2 Å². The number of nitrogens with one attached hydrogen (secondary N) is 1. The molecule has 0 aromatic rings. The van der Waals surface area contributed by atoms with Gasteiger partial charge in [0.2, 0.25) is 5.91 Å². The van der Waals surface area contributed by atoms with E-state index >= 15 is 0 Å². The predicted molar refractivity (Wildman–Crippen MR) is 58.2 cm³/mol. The number of amides is 1. The van der Waals surface area contributed by atoms with Crippen LogP contribution in [0.15, 0.2) is 0 Å². The summed E-state index contributed by atoms with van der Waals surface area (Å²) in [5.74, 6) is 0.250. The highest BCUT2D eigenvalue weighted by molar-refractivity contribution is 5.86. The highest BCUT2D eigenvalue weighted by Crippen LogP contribution is 2.13. The molecule has 0 bridgehead atoms. The van der Waals surface area contributed by atoms with Crippen LogP contribution in [0.25, 0.3) is 0 Å². The molecule has 1 heterocycles. The Kier molecular flexibility index (Phi) is 3.93. The molecule has 0 spiro atoms. The van der Waals surface area contributed by atoms with Crippen molar-refractivity contribution >= 4 is 5.91 Å². The fraction of sp³-hybridized carbons (Fsp3) is 0.909. The van der Waals surface area contributed by atoms with Gasteiger partial charge >= 0.3 is 0 Å². The molecule has 1 aliphatic heterocycles. The Morgan fingerprint density at radius 2 is 2.14 bits per heavy atom. The van der Waals surface area contributed by atoms with Crippen LogP contribution in [0.1, 0.15) is 40.0 Å². The van der Waals surface area contributed by atoms with Crippen LogP contribution in [0.5, 0.6) is 0 Å². The number of hydrogen-bond donors (Lipinski definition) is 1. The summed E-state index contributed by atoms with van der Waals surface area (Å²) in [4.78, 5) is 13.9. The summed E-state index contributed by atoms with van der Waals surface area (Å²) in [7, 11) is 0. The zero-order chi connectivity index (χ0) is 10.6. The first-order chi connectivity index (χ1) is 6.58. The molecule has 0 unspecified atom stereocenters. The van der Waals surface area contributed by atoms with E-state index < -0.39 is 0 Å². The van der Waals surface area contributed by atoms with Gasteiger partial charge in [-0.25, -0.2) is 0 Å². The highest BCUT2D eigenvalue weighted by Gasteiger charge is 2.34. The van der Waals surface area contributed by atoms with E-state index in [-0.39, 0.29) is 11.4 Å². The maximum absolute atomic E-state index is 11.9. The Bertz CT molecular complexity index is 201. The maximum Gasteiger partial charge on any atom is 0.242 e. The Labute approximate surface area is 86.9 Å². The summed E-state index contributed by atoms with van der Waals surface area (Å²) in [5.41, 5.74) is -0.357. The second-order valence-corrected chi connectivity index (χ2v) is 4.55. The standard InChI is InChI=1S/C11H22N2O/c1-4-5-6-8-13-9-7-12-11(2,3)10(13)14/h12H,4-9H2,1-3H3. The lowest BCUT2D eigenvalue weighted by molar-refractivity contribution is -0.139. The molecule has 0 aliphatic carbocycles. The molecule has 0 saturated carbocycles. The quantitative estimate of drug-likeness (QED) is 0.692. The van der Waals surface area contributed by atoms with Gasteiger partial charge in [-0.3, -0.25) is 4.79 Å². The van der Waals surface area contributed by atoms with Gasteiger partial charge in [0.25, 0.3) is 0 Å². The number of rotatable bonds is 4. The molecule has 1 saturated heterocycles. The fourth-order valence-electron chi connectivity index (χ4n) is 1.84. The molecule has 1 aliphatic rings. The predicted octanol–water partition coefficient (Wildman–Crippen LogP) is 1.39. The Morgan fingerprint density at radius 3 is 2.79 bits per heavy atom. The van der Waals surface area contributed by atoms with Crippen LogP contribution in [-0.4, -0.2) is 36.0 Å². The number of unbranched alkanes of at least 4 members (excludes halogenated alkanes) is 2. The topological polar surface area (TPSA) is 32.3 Å². The zero-order valence-electron chi connectivity index (χ0n) is 9.60. The highest BCUT2D eigenvalue weighted by atomic mass is 16.2. The van der Waals surface area contributed by atoms with Crippen LogP contribution in [-0.2, 0) is 4.79 Å². The van der Waals surface area contributed by atoms with Gasteiger partial charge in [-0.05, 0) is 20.3 Å². The second-order valence-electron chi connectivity index (χ2n) is 4.55. The van der Waals surface area contributed by atoms with Crippen LogP contribution in [0.2, 0.25) is 0 Å². The third kappa shape index (κ3) is 2.71. The lowest BCUT2D eigenvalue weighted by Gasteiger charge is -2.38. The minimum Gasteiger partial charge on any atom is -0.340 e. The molecular formula is C11H22N2O. The van der Waals surface area contributed by atoms with Crippen molar-refractivity contribution in [2.45, 2.75) is 45.6 Å². The molecule has 3 nitrogen and oxygen atoms in total. The summed E-state index contributed by atoms with van der Waals surface area (Å²) in [6.07, 6.45) is 3.57. The average Bonchev–Trinajstić information content (AvgIpc) is 2.13. The Hall–Kier alpha value is -0.570. The number of piperazine rings is 1. The van der Waals surface area contributed by atoms with Gasteiger partial charge in [-0.15, -0.1) is 0 Å². The van der Waals surface area contributed by atoms with Crippen LogP contribution < -0.4 is 5.32 Å². The largest absolute Gasteiger partial charge is 0.340 e. The molecular weight excluding hydrogens is 176 g/mol. The smallest absolute Gasteiger partial charge is 0.242 e. The summed E-state index contributed by atoms with van der Waals surface area (Å²) >= 11 is 0. The van der Waals surface area contributed by atoms with Gasteiger partial charge in [-0.2, -0.15) is 0 Å². The minimum absolute atomic E-state index is 0.250. The van der Waals surface area contributed by atoms with E-state index in [9.17, 15) is 4.79 Å². The van der Waals surface area contributed by atoms with E-state index in [1.54, 1.807) is 0 Å². The molecule has 0 aromatic carbocycles. The summed E-state index contributed by atoms with van der Waals surface area (Å²) in [6.45, 7) is 8.82. The molecule has 0 aromatic heterocycles. The average molecular weight is 198 g/mol. The van der Waals surface area contributed by atoms with Crippen LogP contribution in [0.4, 0.5) is 0 Å². The van der Waals surface area contributed by atoms with Gasteiger partial charge in [-0.1, -0.05) is 19.8 Å². The van der Waals surface area contributed by atoms with Crippen molar-refractivity contribution in [2.24, 2.45) is 0 Å². The van der Waals surface area contributed by atoms with E-state index in [0.717, 1.165) is 26.1 Å². The second kappa shape index (κ2) is 4.78. The van der Waals surface area contributed by atoms with E-state index in [1.807, 2.05) is 18.7 Å². The maximum atomic E-state index is 11.9. The van der Waals surface area contributed by atoms with Gasteiger partial charge in [0.15, 0.2) is 0 Å². The zero-order valence-corrected chi connectivity index (χ0v) is 9.60. The lowest BCUT2D eigenvalue weighted by atomic mass is 10.0. The number of carbonyl (C=O) groups is 1. The normalized spacial score (nSPS) is 21.4. The van der Waals surface area contributed by atoms with Crippen molar-refractivity contribution in [2.75, 3.05) is 19.6 Å². The lowest BCUT2D eigenvalue weighted by Crippen LogP contribution is -2.61. The third-order valence-corrected chi connectivity index (χ3v) is 2.80. The Morgan fingerprint density at radius 1 is 1.43 bits per heavy atom. The summed E-state index contributed by atoms with van der Waals surface area (Å²) in [5, 5.41) is 3.24. The molecule has 0 radical (unpaired) electrons. The fourth-order valence-corrected chi connectivity index (χ4v) is 1.84. The van der Waals surface area contributed by atoms with Crippen molar-refractivity contribution in [3.63, 3.8) is 0 Å². The molecule has 1 fully saturated rings. The van der Waals surface area contributed by atoms with Crippen molar-refractivity contribution in [1.29, 1.82) is 0 Å². The van der Waals surface area contributed by atoms with Crippen molar-refractivity contribution in [3.05, 3.63) is 0 Å². The van der Waals surface area contributed by atoms with Crippen LogP contribution in [0, 0.1) is 0 Å². The minimum atomic E-state index is -0.357. The van der Waals surface area contributed by atoms with E-state index in [4.69, 9.17) is 0 Å². The van der Waals surface area contributed by atoms with Crippen LogP contribution in [0.3, 0.4) is 0 Å². The SMILES string of the molecule is CCCCCN1CCNC(C)(C)C1=O. The first-order valence-corrected chi connectivity index (χ1v) is 5.62. The molecule has 1 rings (SSSR count). The molecule has 1 amide bonds. The molecule has 1 N–H and O–H groups in total. The molecule has 3 heteroatoms. The first kappa shape index (κ1) is 11.5. The number of nitrogens with zero attached hydrogens (tertiary/aromatic N) is 1. The third-order valence-electron chi connectivity index (χ3n) is 2.80. The molecule has 14 heavy (non-hydrogen) atoms. The Balaban J connectivity index is 2.41. The van der Waals surface area contributed by atoms with Gasteiger partial charge in [0.05, 0.1) is 5.54 Å².